The van der Waals surface area contributed by atoms with E-state index < -0.39 is 0 Å². The van der Waals surface area contributed by atoms with Gasteiger partial charge in [0.05, 0.1) is 0 Å². The van der Waals surface area contributed by atoms with Gasteiger partial charge < -0.3 is 10.6 Å². The average molecular weight is 286 g/mol. The summed E-state index contributed by atoms with van der Waals surface area (Å²) in [6, 6.07) is 4.71. The molecule has 1 aliphatic rings. The van der Waals surface area contributed by atoms with Gasteiger partial charge in [-0.2, -0.15) is 0 Å². The Morgan fingerprint density at radius 3 is 2.52 bits per heavy atom. The second-order valence-electron chi connectivity index (χ2n) is 5.51. The molecular formula is C16H19FN4. The minimum Gasteiger partial charge on any atom is -0.373 e. The van der Waals surface area contributed by atoms with E-state index in [0.29, 0.717) is 5.92 Å². The van der Waals surface area contributed by atoms with E-state index >= 15 is 0 Å². The first-order valence-corrected chi connectivity index (χ1v) is 7.18. The summed E-state index contributed by atoms with van der Waals surface area (Å²) < 4.78 is 13.4. The van der Waals surface area contributed by atoms with Crippen LogP contribution in [0, 0.1) is 19.7 Å². The Labute approximate surface area is 123 Å². The molecule has 1 aromatic heterocycles. The summed E-state index contributed by atoms with van der Waals surface area (Å²) in [5.41, 5.74) is 2.65. The molecular weight excluding hydrogens is 267 g/mol. The summed E-state index contributed by atoms with van der Waals surface area (Å²) >= 11 is 0. The molecule has 0 atom stereocenters. The van der Waals surface area contributed by atoms with Crippen LogP contribution >= 0.6 is 0 Å². The Morgan fingerprint density at radius 2 is 1.86 bits per heavy atom. The maximum Gasteiger partial charge on any atom is 0.139 e. The van der Waals surface area contributed by atoms with E-state index in [9.17, 15) is 4.39 Å². The van der Waals surface area contributed by atoms with Gasteiger partial charge in [0.15, 0.2) is 0 Å². The predicted octanol–water partition coefficient (Wildman–Crippen LogP) is 3.90. The zero-order valence-electron chi connectivity index (χ0n) is 12.5. The van der Waals surface area contributed by atoms with Crippen LogP contribution in [-0.4, -0.2) is 17.0 Å². The van der Waals surface area contributed by atoms with E-state index in [2.05, 4.69) is 20.6 Å². The van der Waals surface area contributed by atoms with Crippen molar-refractivity contribution in [3.8, 4) is 0 Å². The van der Waals surface area contributed by atoms with Crippen LogP contribution in [0.1, 0.15) is 35.7 Å². The zero-order chi connectivity index (χ0) is 15.0. The summed E-state index contributed by atoms with van der Waals surface area (Å²) in [4.78, 5) is 9.18. The smallest absolute Gasteiger partial charge is 0.139 e. The lowest BCUT2D eigenvalue weighted by Crippen LogP contribution is -2.07. The lowest BCUT2D eigenvalue weighted by atomic mass is 10.2. The molecule has 4 nitrogen and oxygen atoms in total. The highest BCUT2D eigenvalue weighted by Gasteiger charge is 2.28. The standard InChI is InChI=1S/C16H19FN4/c1-9-4-7-12(17)8-13(9)19-15-10(2)14(18-3)20-16(21-15)11-5-6-11/h4,7-8,11H,5-6H2,1-3H3,(H2,18,19,20,21). The molecule has 1 saturated carbocycles. The number of hydrogen-bond acceptors (Lipinski definition) is 4. The van der Waals surface area contributed by atoms with Crippen LogP contribution in [-0.2, 0) is 0 Å². The number of halogens is 1. The highest BCUT2D eigenvalue weighted by Crippen LogP contribution is 2.40. The maximum absolute atomic E-state index is 13.4. The molecule has 0 saturated heterocycles. The van der Waals surface area contributed by atoms with Crippen LogP contribution < -0.4 is 10.6 Å². The SMILES string of the molecule is CNc1nc(C2CC2)nc(Nc2cc(F)ccc2C)c1C. The first-order valence-electron chi connectivity index (χ1n) is 7.18. The molecule has 0 radical (unpaired) electrons. The maximum atomic E-state index is 13.4. The highest BCUT2D eigenvalue weighted by molar-refractivity contribution is 5.66. The molecule has 1 aliphatic carbocycles. The van der Waals surface area contributed by atoms with Crippen LogP contribution in [0.25, 0.3) is 0 Å². The molecule has 0 bridgehead atoms. The topological polar surface area (TPSA) is 49.8 Å². The fourth-order valence-electron chi connectivity index (χ4n) is 2.28. The molecule has 3 rings (SSSR count). The van der Waals surface area contributed by atoms with Gasteiger partial charge in [0, 0.05) is 24.2 Å². The van der Waals surface area contributed by atoms with Gasteiger partial charge in [-0.05, 0) is 44.4 Å². The summed E-state index contributed by atoms with van der Waals surface area (Å²) in [7, 11) is 1.85. The Balaban J connectivity index is 2.00. The molecule has 0 aliphatic heterocycles. The zero-order valence-corrected chi connectivity index (χ0v) is 12.5. The molecule has 1 fully saturated rings. The van der Waals surface area contributed by atoms with Crippen molar-refractivity contribution in [2.45, 2.75) is 32.6 Å². The van der Waals surface area contributed by atoms with E-state index in [-0.39, 0.29) is 5.82 Å². The molecule has 2 N–H and O–H groups in total. The number of aryl methyl sites for hydroxylation is 1. The Kier molecular flexibility index (Phi) is 3.49. The number of nitrogens with zero attached hydrogens (tertiary/aromatic N) is 2. The van der Waals surface area contributed by atoms with Crippen molar-refractivity contribution in [3.63, 3.8) is 0 Å². The average Bonchev–Trinajstić information content (AvgIpc) is 3.29. The third-order valence-electron chi connectivity index (χ3n) is 3.80. The molecule has 1 heterocycles. The summed E-state index contributed by atoms with van der Waals surface area (Å²) in [5, 5.41) is 6.35. The number of hydrogen-bond donors (Lipinski definition) is 2. The minimum atomic E-state index is -0.258. The predicted molar refractivity (Wildman–Crippen MR) is 82.7 cm³/mol. The molecule has 110 valence electrons. The quantitative estimate of drug-likeness (QED) is 0.895. The van der Waals surface area contributed by atoms with Crippen molar-refractivity contribution in [1.82, 2.24) is 9.97 Å². The van der Waals surface area contributed by atoms with Crippen LogP contribution in [0.15, 0.2) is 18.2 Å². The van der Waals surface area contributed by atoms with Crippen molar-refractivity contribution in [1.29, 1.82) is 0 Å². The summed E-state index contributed by atoms with van der Waals surface area (Å²) in [6.07, 6.45) is 2.29. The van der Waals surface area contributed by atoms with Gasteiger partial charge in [-0.15, -0.1) is 0 Å². The first kappa shape index (κ1) is 13.8. The molecule has 0 amide bonds. The van der Waals surface area contributed by atoms with E-state index in [0.717, 1.165) is 47.1 Å². The lowest BCUT2D eigenvalue weighted by Gasteiger charge is -2.15. The van der Waals surface area contributed by atoms with E-state index in [1.54, 1.807) is 6.07 Å². The van der Waals surface area contributed by atoms with Crippen LogP contribution in [0.4, 0.5) is 21.7 Å². The monoisotopic (exact) mass is 286 g/mol. The normalized spacial score (nSPS) is 14.1. The van der Waals surface area contributed by atoms with Crippen LogP contribution in [0.2, 0.25) is 0 Å². The number of aromatic nitrogens is 2. The third-order valence-corrected chi connectivity index (χ3v) is 3.80. The molecule has 0 spiro atoms. The Hall–Kier alpha value is -2.17. The summed E-state index contributed by atoms with van der Waals surface area (Å²) in [6.45, 7) is 3.90. The summed E-state index contributed by atoms with van der Waals surface area (Å²) in [5.74, 6) is 2.63. The number of nitrogens with one attached hydrogen (secondary N) is 2. The first-order chi connectivity index (χ1) is 10.1. The Morgan fingerprint density at radius 1 is 1.14 bits per heavy atom. The van der Waals surface area contributed by atoms with Crippen molar-refractivity contribution in [2.24, 2.45) is 0 Å². The third kappa shape index (κ3) is 2.82. The second kappa shape index (κ2) is 5.31. The fourth-order valence-corrected chi connectivity index (χ4v) is 2.28. The van der Waals surface area contributed by atoms with Gasteiger partial charge in [0.25, 0.3) is 0 Å². The molecule has 5 heteroatoms. The fraction of sp³-hybridized carbons (Fsp3) is 0.375. The number of benzene rings is 1. The lowest BCUT2D eigenvalue weighted by molar-refractivity contribution is 0.628. The van der Waals surface area contributed by atoms with Crippen molar-refractivity contribution >= 4 is 17.3 Å². The second-order valence-corrected chi connectivity index (χ2v) is 5.51. The van der Waals surface area contributed by atoms with Crippen molar-refractivity contribution < 1.29 is 4.39 Å². The van der Waals surface area contributed by atoms with Crippen molar-refractivity contribution in [2.75, 3.05) is 17.7 Å². The molecule has 2 aromatic rings. The van der Waals surface area contributed by atoms with Crippen molar-refractivity contribution in [3.05, 3.63) is 41.0 Å². The molecule has 1 aromatic carbocycles. The largest absolute Gasteiger partial charge is 0.373 e. The molecule has 21 heavy (non-hydrogen) atoms. The van der Waals surface area contributed by atoms with Gasteiger partial charge >= 0.3 is 0 Å². The molecule has 0 unspecified atom stereocenters. The Bertz CT molecular complexity index is 680. The van der Waals surface area contributed by atoms with Gasteiger partial charge in [-0.3, -0.25) is 0 Å². The number of rotatable bonds is 4. The van der Waals surface area contributed by atoms with Gasteiger partial charge in [0.1, 0.15) is 23.3 Å². The van der Waals surface area contributed by atoms with Gasteiger partial charge in [0.2, 0.25) is 0 Å². The van der Waals surface area contributed by atoms with E-state index in [1.807, 2.05) is 20.9 Å². The van der Waals surface area contributed by atoms with E-state index in [4.69, 9.17) is 0 Å². The highest BCUT2D eigenvalue weighted by atomic mass is 19.1. The number of anilines is 3. The van der Waals surface area contributed by atoms with Crippen LogP contribution in [0.3, 0.4) is 0 Å². The van der Waals surface area contributed by atoms with Gasteiger partial charge in [-0.1, -0.05) is 6.07 Å². The van der Waals surface area contributed by atoms with Crippen LogP contribution in [0.5, 0.6) is 0 Å². The van der Waals surface area contributed by atoms with E-state index in [1.165, 1.54) is 12.1 Å². The minimum absolute atomic E-state index is 0.258. The van der Waals surface area contributed by atoms with Gasteiger partial charge in [-0.25, -0.2) is 14.4 Å².